The molecular weight excluding hydrogens is 292 g/mol. The third kappa shape index (κ3) is 2.55. The Morgan fingerprint density at radius 3 is 1.05 bits per heavy atom. The fraction of sp³-hybridized carbons (Fsp3) is 0.0526. The highest BCUT2D eigenvalue weighted by Crippen LogP contribution is 2.38. The molecule has 0 N–H and O–H groups in total. The van der Waals surface area contributed by atoms with Crippen molar-refractivity contribution in [2.45, 2.75) is 5.04 Å². The zero-order valence-corrected chi connectivity index (χ0v) is 13.9. The van der Waals surface area contributed by atoms with E-state index in [1.165, 1.54) is 16.7 Å². The normalized spacial score (nSPS) is 11.9. The molecule has 0 aliphatic heterocycles. The second-order valence-corrected chi connectivity index (χ2v) is 7.27. The van der Waals surface area contributed by atoms with Crippen LogP contribution in [0.2, 0.25) is 0 Å². The van der Waals surface area contributed by atoms with Crippen molar-refractivity contribution in [2.24, 2.45) is 0 Å². The number of benzene rings is 3. The minimum Gasteiger partial charge on any atom is -0.174 e. The smallest absolute Gasteiger partial charge is 0.145 e. The Labute approximate surface area is 132 Å². The van der Waals surface area contributed by atoms with Crippen LogP contribution in [0.25, 0.3) is 0 Å². The molecule has 104 valence electrons. The molecule has 0 heterocycles. The summed E-state index contributed by atoms with van der Waals surface area (Å²) in [6, 6.07) is 31.9. The van der Waals surface area contributed by atoms with E-state index in [1.807, 2.05) is 0 Å². The third-order valence-electron chi connectivity index (χ3n) is 4.00. The molecule has 0 saturated heterocycles. The van der Waals surface area contributed by atoms with Crippen LogP contribution in [-0.4, -0.2) is 8.83 Å². The van der Waals surface area contributed by atoms with Gasteiger partial charge in [0.05, 0.1) is 0 Å². The molecule has 21 heavy (non-hydrogen) atoms. The zero-order chi connectivity index (χ0) is 14.5. The summed E-state index contributed by atoms with van der Waals surface area (Å²) < 4.78 is 0. The molecule has 0 aliphatic rings. The number of rotatable bonds is 4. The summed E-state index contributed by atoms with van der Waals surface area (Å²) >= 11 is 6.67. The maximum atomic E-state index is 6.67. The largest absolute Gasteiger partial charge is 0.174 e. The lowest BCUT2D eigenvalue weighted by Gasteiger charge is -2.33. The van der Waals surface area contributed by atoms with Gasteiger partial charge in [-0.05, 0) is 16.7 Å². The molecule has 0 saturated carbocycles. The van der Waals surface area contributed by atoms with Gasteiger partial charge in [0.2, 0.25) is 0 Å². The van der Waals surface area contributed by atoms with Crippen LogP contribution in [-0.2, 0) is 5.04 Å². The highest BCUT2D eigenvalue weighted by molar-refractivity contribution is 6.96. The quantitative estimate of drug-likeness (QED) is 0.383. The fourth-order valence-electron chi connectivity index (χ4n) is 2.90. The lowest BCUT2D eigenvalue weighted by Crippen LogP contribution is -2.33. The Morgan fingerprint density at radius 1 is 0.524 bits per heavy atom. The summed E-state index contributed by atoms with van der Waals surface area (Å²) in [7, 11) is -0.901. The van der Waals surface area contributed by atoms with E-state index in [-0.39, 0.29) is 5.04 Å². The Balaban J connectivity index is 2.29. The van der Waals surface area contributed by atoms with Gasteiger partial charge in [0, 0.05) is 5.04 Å². The number of halogens is 1. The van der Waals surface area contributed by atoms with Gasteiger partial charge in [-0.25, -0.2) is 0 Å². The van der Waals surface area contributed by atoms with Gasteiger partial charge < -0.3 is 0 Å². The van der Waals surface area contributed by atoms with E-state index in [4.69, 9.17) is 11.1 Å². The maximum Gasteiger partial charge on any atom is 0.145 e. The van der Waals surface area contributed by atoms with Crippen LogP contribution in [0.5, 0.6) is 0 Å². The van der Waals surface area contributed by atoms with Gasteiger partial charge >= 0.3 is 0 Å². The van der Waals surface area contributed by atoms with Crippen LogP contribution in [0, 0.1) is 0 Å². The van der Waals surface area contributed by atoms with Crippen molar-refractivity contribution in [1.29, 1.82) is 0 Å². The molecular formula is C19H17ClSi. The lowest BCUT2D eigenvalue weighted by atomic mass is 9.84. The van der Waals surface area contributed by atoms with Gasteiger partial charge in [-0.3, -0.25) is 0 Å². The summed E-state index contributed by atoms with van der Waals surface area (Å²) in [6.45, 7) is 0. The van der Waals surface area contributed by atoms with E-state index < -0.39 is 8.83 Å². The van der Waals surface area contributed by atoms with Gasteiger partial charge in [-0.15, -0.1) is 0 Å². The molecule has 0 amide bonds. The lowest BCUT2D eigenvalue weighted by molar-refractivity contribution is 0.873. The molecule has 0 aromatic heterocycles. The first-order chi connectivity index (χ1) is 10.4. The fourth-order valence-corrected chi connectivity index (χ4v) is 5.46. The van der Waals surface area contributed by atoms with Crippen molar-refractivity contribution in [1.82, 2.24) is 0 Å². The SMILES string of the molecule is Cl[SiH2]C(c1ccccc1)(c1ccccc1)c1ccccc1. The summed E-state index contributed by atoms with van der Waals surface area (Å²) in [6.07, 6.45) is 0. The van der Waals surface area contributed by atoms with E-state index in [9.17, 15) is 0 Å². The topological polar surface area (TPSA) is 0 Å². The van der Waals surface area contributed by atoms with Crippen molar-refractivity contribution in [2.75, 3.05) is 0 Å². The maximum absolute atomic E-state index is 6.67. The van der Waals surface area contributed by atoms with Crippen LogP contribution >= 0.6 is 11.1 Å². The first-order valence-electron chi connectivity index (χ1n) is 7.10. The van der Waals surface area contributed by atoms with Crippen molar-refractivity contribution >= 4 is 19.9 Å². The zero-order valence-electron chi connectivity index (χ0n) is 11.7. The summed E-state index contributed by atoms with van der Waals surface area (Å²) in [5.41, 5.74) is 3.84. The average Bonchev–Trinajstić information content (AvgIpc) is 2.59. The summed E-state index contributed by atoms with van der Waals surface area (Å²) in [5, 5.41) is -0.175. The molecule has 3 aromatic rings. The van der Waals surface area contributed by atoms with E-state index in [2.05, 4.69) is 91.0 Å². The van der Waals surface area contributed by atoms with Gasteiger partial charge in [0.1, 0.15) is 8.83 Å². The minimum absolute atomic E-state index is 0.175. The standard InChI is InChI=1S/C19H17ClSi/c20-21-19(16-10-4-1-5-11-16,17-12-6-2-7-13-17)18-14-8-3-9-15-18/h1-15H,21H2. The molecule has 0 unspecified atom stereocenters. The van der Waals surface area contributed by atoms with Crippen molar-refractivity contribution in [3.63, 3.8) is 0 Å². The van der Waals surface area contributed by atoms with Crippen LogP contribution < -0.4 is 0 Å². The second-order valence-electron chi connectivity index (χ2n) is 5.14. The van der Waals surface area contributed by atoms with Gasteiger partial charge in [0.25, 0.3) is 0 Å². The Kier molecular flexibility index (Phi) is 4.23. The summed E-state index contributed by atoms with van der Waals surface area (Å²) in [4.78, 5) is 0. The van der Waals surface area contributed by atoms with Crippen LogP contribution in [0.1, 0.15) is 16.7 Å². The molecule has 0 spiro atoms. The molecule has 0 radical (unpaired) electrons. The first kappa shape index (κ1) is 14.1. The predicted octanol–water partition coefficient (Wildman–Crippen LogP) is 4.30. The molecule has 0 nitrogen and oxygen atoms in total. The van der Waals surface area contributed by atoms with E-state index in [0.29, 0.717) is 0 Å². The van der Waals surface area contributed by atoms with Gasteiger partial charge in [0.15, 0.2) is 0 Å². The molecule has 0 fully saturated rings. The molecule has 0 bridgehead atoms. The molecule has 0 aliphatic carbocycles. The highest BCUT2D eigenvalue weighted by Gasteiger charge is 2.35. The Bertz CT molecular complexity index is 584. The van der Waals surface area contributed by atoms with Crippen LogP contribution in [0.15, 0.2) is 91.0 Å². The number of hydrogen-bond acceptors (Lipinski definition) is 0. The van der Waals surface area contributed by atoms with Crippen molar-refractivity contribution in [3.8, 4) is 0 Å². The molecule has 3 rings (SSSR count). The Morgan fingerprint density at radius 2 is 0.810 bits per heavy atom. The monoisotopic (exact) mass is 308 g/mol. The third-order valence-corrected chi connectivity index (χ3v) is 6.83. The predicted molar refractivity (Wildman–Crippen MR) is 93.6 cm³/mol. The van der Waals surface area contributed by atoms with E-state index >= 15 is 0 Å². The number of hydrogen-bond donors (Lipinski definition) is 0. The highest BCUT2D eigenvalue weighted by atomic mass is 35.6. The first-order valence-corrected chi connectivity index (χ1v) is 9.95. The molecule has 2 heteroatoms. The van der Waals surface area contributed by atoms with E-state index in [1.54, 1.807) is 0 Å². The summed E-state index contributed by atoms with van der Waals surface area (Å²) in [5.74, 6) is 0. The Hall–Kier alpha value is -1.83. The molecule has 3 aromatic carbocycles. The van der Waals surface area contributed by atoms with Gasteiger partial charge in [-0.2, -0.15) is 11.1 Å². The van der Waals surface area contributed by atoms with Crippen molar-refractivity contribution in [3.05, 3.63) is 108 Å². The van der Waals surface area contributed by atoms with Gasteiger partial charge in [-0.1, -0.05) is 91.0 Å². The van der Waals surface area contributed by atoms with Crippen LogP contribution in [0.4, 0.5) is 0 Å². The van der Waals surface area contributed by atoms with Crippen LogP contribution in [0.3, 0.4) is 0 Å². The second kappa shape index (κ2) is 6.29. The van der Waals surface area contributed by atoms with Crippen molar-refractivity contribution < 1.29 is 0 Å². The minimum atomic E-state index is -0.901. The average molecular weight is 309 g/mol. The van der Waals surface area contributed by atoms with E-state index in [0.717, 1.165) is 0 Å². The molecule has 0 atom stereocenters.